The number of hydrogen-bond donors (Lipinski definition) is 2. The molecule has 0 radical (unpaired) electrons. The fraction of sp³-hybridized carbons (Fsp3) is 0.529. The molecule has 1 aliphatic rings. The van der Waals surface area contributed by atoms with Crippen LogP contribution in [0, 0.1) is 0 Å². The van der Waals surface area contributed by atoms with Gasteiger partial charge in [0, 0.05) is 63.6 Å². The number of carbonyl (C=O) groups is 2. The molecule has 0 unspecified atom stereocenters. The first kappa shape index (κ1) is 19.3. The highest BCUT2D eigenvalue weighted by Crippen LogP contribution is 2.20. The molecule has 2 rings (SSSR count). The maximum Gasteiger partial charge on any atom is 0.317 e. The summed E-state index contributed by atoms with van der Waals surface area (Å²) in [5.41, 5.74) is 1.14. The molecule has 7 nitrogen and oxygen atoms in total. The maximum atomic E-state index is 11.8. The third kappa shape index (κ3) is 6.43. The van der Waals surface area contributed by atoms with Crippen LogP contribution in [0.4, 0.5) is 10.5 Å². The lowest BCUT2D eigenvalue weighted by atomic mass is 10.2. The number of urea groups is 1. The van der Waals surface area contributed by atoms with Crippen molar-refractivity contribution in [1.82, 2.24) is 15.1 Å². The number of carboxylic acids is 1. The number of rotatable bonds is 7. The standard InChI is InChI=1S/C17H25ClN4O3/c1-20(7-5-16(23)24)17(25)19-6-8-21-9-11-22(12-10-21)15-4-2-3-14(18)13-15/h2-4,13H,5-12H2,1H3,(H,19,25)(H,23,24). The Morgan fingerprint density at radius 2 is 2.00 bits per heavy atom. The van der Waals surface area contributed by atoms with Crippen LogP contribution in [0.3, 0.4) is 0 Å². The van der Waals surface area contributed by atoms with Crippen molar-refractivity contribution in [2.24, 2.45) is 0 Å². The van der Waals surface area contributed by atoms with E-state index in [4.69, 9.17) is 16.7 Å². The van der Waals surface area contributed by atoms with Crippen LogP contribution in [0.25, 0.3) is 0 Å². The van der Waals surface area contributed by atoms with Gasteiger partial charge in [-0.2, -0.15) is 0 Å². The van der Waals surface area contributed by atoms with Gasteiger partial charge in [-0.3, -0.25) is 9.69 Å². The van der Waals surface area contributed by atoms with Crippen LogP contribution in [0.5, 0.6) is 0 Å². The molecule has 0 bridgehead atoms. The van der Waals surface area contributed by atoms with E-state index in [-0.39, 0.29) is 19.0 Å². The Morgan fingerprint density at radius 3 is 2.64 bits per heavy atom. The largest absolute Gasteiger partial charge is 0.481 e. The molecule has 8 heteroatoms. The number of carboxylic acid groups (broad SMARTS) is 1. The normalized spacial score (nSPS) is 15.0. The Labute approximate surface area is 153 Å². The number of nitrogens with one attached hydrogen (secondary N) is 1. The van der Waals surface area contributed by atoms with Crippen molar-refractivity contribution in [2.45, 2.75) is 6.42 Å². The molecule has 1 aliphatic heterocycles. The molecule has 1 fully saturated rings. The van der Waals surface area contributed by atoms with Crippen molar-refractivity contribution in [3.63, 3.8) is 0 Å². The summed E-state index contributed by atoms with van der Waals surface area (Å²) in [4.78, 5) is 28.4. The van der Waals surface area contributed by atoms with Crippen LogP contribution in [-0.2, 0) is 4.79 Å². The van der Waals surface area contributed by atoms with Gasteiger partial charge >= 0.3 is 12.0 Å². The monoisotopic (exact) mass is 368 g/mol. The van der Waals surface area contributed by atoms with Gasteiger partial charge in [0.25, 0.3) is 0 Å². The van der Waals surface area contributed by atoms with Crippen molar-refractivity contribution < 1.29 is 14.7 Å². The predicted octanol–water partition coefficient (Wildman–Crippen LogP) is 1.58. The lowest BCUT2D eigenvalue weighted by Crippen LogP contribution is -2.49. The van der Waals surface area contributed by atoms with E-state index in [2.05, 4.69) is 21.2 Å². The average molecular weight is 369 g/mol. The van der Waals surface area contributed by atoms with Crippen molar-refractivity contribution in [2.75, 3.05) is 57.8 Å². The second-order valence-corrected chi connectivity index (χ2v) is 6.54. The Morgan fingerprint density at radius 1 is 1.28 bits per heavy atom. The molecule has 1 aromatic carbocycles. The van der Waals surface area contributed by atoms with Crippen LogP contribution in [0.2, 0.25) is 5.02 Å². The molecule has 0 atom stereocenters. The first-order valence-corrected chi connectivity index (χ1v) is 8.77. The lowest BCUT2D eigenvalue weighted by Gasteiger charge is -2.36. The van der Waals surface area contributed by atoms with Crippen molar-refractivity contribution in [1.29, 1.82) is 0 Å². The number of halogens is 1. The van der Waals surface area contributed by atoms with Crippen LogP contribution in [-0.4, -0.2) is 79.8 Å². The van der Waals surface area contributed by atoms with Crippen LogP contribution < -0.4 is 10.2 Å². The Balaban J connectivity index is 1.65. The van der Waals surface area contributed by atoms with Gasteiger partial charge < -0.3 is 20.2 Å². The zero-order valence-corrected chi connectivity index (χ0v) is 15.2. The number of aliphatic carboxylic acids is 1. The molecule has 0 aromatic heterocycles. The second-order valence-electron chi connectivity index (χ2n) is 6.11. The highest BCUT2D eigenvalue weighted by molar-refractivity contribution is 6.30. The van der Waals surface area contributed by atoms with E-state index in [0.29, 0.717) is 6.54 Å². The quantitative estimate of drug-likeness (QED) is 0.764. The molecule has 0 aliphatic carbocycles. The molecule has 138 valence electrons. The van der Waals surface area contributed by atoms with E-state index in [0.717, 1.165) is 43.4 Å². The van der Waals surface area contributed by atoms with E-state index in [9.17, 15) is 9.59 Å². The summed E-state index contributed by atoms with van der Waals surface area (Å²) in [6.45, 7) is 5.24. The minimum atomic E-state index is -0.905. The fourth-order valence-electron chi connectivity index (χ4n) is 2.72. The minimum absolute atomic E-state index is 0.0462. The highest BCUT2D eigenvalue weighted by atomic mass is 35.5. The summed E-state index contributed by atoms with van der Waals surface area (Å²) in [5.74, 6) is -0.905. The maximum absolute atomic E-state index is 11.8. The number of piperazine rings is 1. The average Bonchev–Trinajstić information content (AvgIpc) is 2.60. The predicted molar refractivity (Wildman–Crippen MR) is 98.4 cm³/mol. The Hall–Kier alpha value is -1.99. The summed E-state index contributed by atoms with van der Waals surface area (Å²) < 4.78 is 0. The van der Waals surface area contributed by atoms with E-state index >= 15 is 0 Å². The van der Waals surface area contributed by atoms with Gasteiger partial charge in [-0.15, -0.1) is 0 Å². The van der Waals surface area contributed by atoms with Gasteiger partial charge in [0.15, 0.2) is 0 Å². The fourth-order valence-corrected chi connectivity index (χ4v) is 2.91. The molecule has 1 aromatic rings. The van der Waals surface area contributed by atoms with Crippen LogP contribution in [0.1, 0.15) is 6.42 Å². The van der Waals surface area contributed by atoms with Crippen molar-refractivity contribution >= 4 is 29.3 Å². The summed E-state index contributed by atoms with van der Waals surface area (Å²) in [5, 5.41) is 12.2. The summed E-state index contributed by atoms with van der Waals surface area (Å²) >= 11 is 6.04. The highest BCUT2D eigenvalue weighted by Gasteiger charge is 2.17. The SMILES string of the molecule is CN(CCC(=O)O)C(=O)NCCN1CCN(c2cccc(Cl)c2)CC1. The molecular weight excluding hydrogens is 344 g/mol. The summed E-state index contributed by atoms with van der Waals surface area (Å²) in [6, 6.07) is 7.63. The van der Waals surface area contributed by atoms with Crippen LogP contribution >= 0.6 is 11.6 Å². The Kier molecular flexibility index (Phi) is 7.33. The third-order valence-electron chi connectivity index (χ3n) is 4.26. The lowest BCUT2D eigenvalue weighted by molar-refractivity contribution is -0.137. The van der Waals surface area contributed by atoms with E-state index in [1.54, 1.807) is 7.05 Å². The summed E-state index contributed by atoms with van der Waals surface area (Å²) in [7, 11) is 1.60. The molecule has 1 heterocycles. The smallest absolute Gasteiger partial charge is 0.317 e. The van der Waals surface area contributed by atoms with E-state index in [1.165, 1.54) is 4.90 Å². The van der Waals surface area contributed by atoms with Gasteiger partial charge in [-0.25, -0.2) is 4.79 Å². The first-order valence-electron chi connectivity index (χ1n) is 8.39. The van der Waals surface area contributed by atoms with Crippen LogP contribution in [0.15, 0.2) is 24.3 Å². The third-order valence-corrected chi connectivity index (χ3v) is 4.49. The molecule has 0 spiro atoms. The van der Waals surface area contributed by atoms with Gasteiger partial charge in [0.1, 0.15) is 0 Å². The van der Waals surface area contributed by atoms with E-state index < -0.39 is 5.97 Å². The van der Waals surface area contributed by atoms with Gasteiger partial charge in [-0.1, -0.05) is 17.7 Å². The number of hydrogen-bond acceptors (Lipinski definition) is 4. The molecule has 25 heavy (non-hydrogen) atoms. The van der Waals surface area contributed by atoms with E-state index in [1.807, 2.05) is 18.2 Å². The number of carbonyl (C=O) groups excluding carboxylic acids is 1. The second kappa shape index (κ2) is 9.48. The number of amides is 2. The molecular formula is C17H25ClN4O3. The zero-order valence-electron chi connectivity index (χ0n) is 14.4. The molecule has 2 N–H and O–H groups in total. The van der Waals surface area contributed by atoms with Gasteiger partial charge in [0.2, 0.25) is 0 Å². The number of nitrogens with zero attached hydrogens (tertiary/aromatic N) is 3. The van der Waals surface area contributed by atoms with Crippen molar-refractivity contribution in [3.8, 4) is 0 Å². The zero-order chi connectivity index (χ0) is 18.2. The molecule has 1 saturated heterocycles. The number of anilines is 1. The molecule has 2 amide bonds. The summed E-state index contributed by atoms with van der Waals surface area (Å²) in [6.07, 6.45) is -0.0462. The van der Waals surface area contributed by atoms with Gasteiger partial charge in [0.05, 0.1) is 6.42 Å². The number of benzene rings is 1. The Bertz CT molecular complexity index is 591. The minimum Gasteiger partial charge on any atom is -0.481 e. The topological polar surface area (TPSA) is 76.1 Å². The molecule has 0 saturated carbocycles. The van der Waals surface area contributed by atoms with Gasteiger partial charge in [-0.05, 0) is 18.2 Å². The first-order chi connectivity index (χ1) is 12.0. The van der Waals surface area contributed by atoms with Crippen molar-refractivity contribution in [3.05, 3.63) is 29.3 Å².